The molecule has 0 spiro atoms. The maximum Gasteiger partial charge on any atom is 0.0571 e. The van der Waals surface area contributed by atoms with Gasteiger partial charge in [0.05, 0.1) is 6.10 Å². The van der Waals surface area contributed by atoms with Crippen LogP contribution in [0, 0.1) is 17.8 Å². The smallest absolute Gasteiger partial charge is 0.0571 e. The summed E-state index contributed by atoms with van der Waals surface area (Å²) < 4.78 is 0. The van der Waals surface area contributed by atoms with Crippen LogP contribution in [-0.4, -0.2) is 11.2 Å². The van der Waals surface area contributed by atoms with E-state index in [1.165, 1.54) is 25.7 Å². The van der Waals surface area contributed by atoms with Crippen LogP contribution in [0.1, 0.15) is 39.0 Å². The molecule has 0 aliphatic heterocycles. The summed E-state index contributed by atoms with van der Waals surface area (Å²) in [5.74, 6) is 2.48. The summed E-state index contributed by atoms with van der Waals surface area (Å²) in [5, 5.41) is 9.74. The van der Waals surface area contributed by atoms with Crippen molar-refractivity contribution in [2.24, 2.45) is 17.8 Å². The Bertz CT molecular complexity index is 124. The molecule has 64 valence electrons. The van der Waals surface area contributed by atoms with Crippen LogP contribution in [-0.2, 0) is 0 Å². The van der Waals surface area contributed by atoms with Gasteiger partial charge in [-0.2, -0.15) is 0 Å². The first-order valence-electron chi connectivity index (χ1n) is 5.01. The van der Waals surface area contributed by atoms with E-state index in [9.17, 15) is 5.11 Å². The molecule has 1 unspecified atom stereocenters. The molecule has 0 aromatic carbocycles. The van der Waals surface area contributed by atoms with Crippen LogP contribution < -0.4 is 0 Å². The van der Waals surface area contributed by atoms with Crippen LogP contribution in [0.2, 0.25) is 0 Å². The van der Waals surface area contributed by atoms with E-state index < -0.39 is 0 Å². The lowest BCUT2D eigenvalue weighted by Gasteiger charge is -2.20. The van der Waals surface area contributed by atoms with E-state index in [1.54, 1.807) is 0 Å². The molecule has 1 N–H and O–H groups in total. The largest absolute Gasteiger partial charge is 0.393 e. The van der Waals surface area contributed by atoms with Crippen molar-refractivity contribution in [3.63, 3.8) is 0 Å². The molecule has 2 rings (SSSR count). The number of aliphatic hydroxyl groups is 1. The summed E-state index contributed by atoms with van der Waals surface area (Å²) in [4.78, 5) is 0. The molecule has 0 saturated heterocycles. The normalized spacial score (nSPS) is 27.5. The van der Waals surface area contributed by atoms with E-state index >= 15 is 0 Å². The van der Waals surface area contributed by atoms with Crippen LogP contribution in [0.5, 0.6) is 0 Å². The highest BCUT2D eigenvalue weighted by atomic mass is 16.3. The third kappa shape index (κ3) is 1.58. The number of hydrogen-bond acceptors (Lipinski definition) is 1. The second-order valence-corrected chi connectivity index (χ2v) is 4.23. The third-order valence-electron chi connectivity index (χ3n) is 3.20. The minimum Gasteiger partial charge on any atom is -0.393 e. The highest BCUT2D eigenvalue weighted by Gasteiger charge is 2.44. The summed E-state index contributed by atoms with van der Waals surface area (Å²) in [6, 6.07) is 0. The SMILES string of the molecule is CCC(O)C(C1CC1)C1CC1. The van der Waals surface area contributed by atoms with Gasteiger partial charge in [0.1, 0.15) is 0 Å². The highest BCUT2D eigenvalue weighted by Crippen LogP contribution is 2.51. The third-order valence-corrected chi connectivity index (χ3v) is 3.20. The fourth-order valence-electron chi connectivity index (χ4n) is 2.25. The second kappa shape index (κ2) is 2.78. The van der Waals surface area contributed by atoms with Gasteiger partial charge in [0.2, 0.25) is 0 Å². The monoisotopic (exact) mass is 154 g/mol. The summed E-state index contributed by atoms with van der Waals surface area (Å²) in [6.07, 6.45) is 6.51. The van der Waals surface area contributed by atoms with Crippen molar-refractivity contribution in [1.29, 1.82) is 0 Å². The van der Waals surface area contributed by atoms with E-state index in [0.29, 0.717) is 5.92 Å². The molecule has 1 nitrogen and oxygen atoms in total. The average molecular weight is 154 g/mol. The van der Waals surface area contributed by atoms with Crippen molar-refractivity contribution >= 4 is 0 Å². The maximum atomic E-state index is 9.74. The zero-order chi connectivity index (χ0) is 7.84. The molecule has 2 fully saturated rings. The lowest BCUT2D eigenvalue weighted by molar-refractivity contribution is 0.0789. The Morgan fingerprint density at radius 2 is 1.64 bits per heavy atom. The van der Waals surface area contributed by atoms with Gasteiger partial charge >= 0.3 is 0 Å². The molecular weight excluding hydrogens is 136 g/mol. The fraction of sp³-hybridized carbons (Fsp3) is 1.00. The molecule has 0 heterocycles. The van der Waals surface area contributed by atoms with E-state index in [2.05, 4.69) is 6.92 Å². The molecule has 1 heteroatoms. The maximum absolute atomic E-state index is 9.74. The van der Waals surface area contributed by atoms with Crippen LogP contribution in [0.3, 0.4) is 0 Å². The van der Waals surface area contributed by atoms with Crippen molar-refractivity contribution in [3.05, 3.63) is 0 Å². The van der Waals surface area contributed by atoms with Crippen LogP contribution >= 0.6 is 0 Å². The van der Waals surface area contributed by atoms with Gasteiger partial charge in [0.25, 0.3) is 0 Å². The molecule has 0 bridgehead atoms. The molecule has 2 saturated carbocycles. The number of hydrogen-bond donors (Lipinski definition) is 1. The molecule has 11 heavy (non-hydrogen) atoms. The second-order valence-electron chi connectivity index (χ2n) is 4.23. The van der Waals surface area contributed by atoms with Crippen molar-refractivity contribution in [2.45, 2.75) is 45.1 Å². The number of rotatable bonds is 4. The number of aliphatic hydroxyl groups excluding tert-OH is 1. The zero-order valence-electron chi connectivity index (χ0n) is 7.29. The van der Waals surface area contributed by atoms with Crippen molar-refractivity contribution < 1.29 is 5.11 Å². The minimum atomic E-state index is 0.00926. The first kappa shape index (κ1) is 7.60. The van der Waals surface area contributed by atoms with Crippen LogP contribution in [0.4, 0.5) is 0 Å². The van der Waals surface area contributed by atoms with Crippen molar-refractivity contribution in [3.8, 4) is 0 Å². The Hall–Kier alpha value is -0.0400. The van der Waals surface area contributed by atoms with Crippen molar-refractivity contribution in [2.75, 3.05) is 0 Å². The predicted octanol–water partition coefficient (Wildman–Crippen LogP) is 2.19. The molecule has 2 aliphatic carbocycles. The van der Waals surface area contributed by atoms with Crippen molar-refractivity contribution in [1.82, 2.24) is 0 Å². The van der Waals surface area contributed by atoms with Gasteiger partial charge in [-0.3, -0.25) is 0 Å². The van der Waals surface area contributed by atoms with Gasteiger partial charge in [-0.05, 0) is 49.9 Å². The standard InChI is InChI=1S/C10H18O/c1-2-9(11)10(7-3-4-7)8-5-6-8/h7-11H,2-6H2,1H3. The molecule has 0 amide bonds. The van der Waals surface area contributed by atoms with Gasteiger partial charge in [-0.1, -0.05) is 6.92 Å². The fourth-order valence-corrected chi connectivity index (χ4v) is 2.25. The molecule has 0 aromatic heterocycles. The molecule has 2 aliphatic rings. The summed E-state index contributed by atoms with van der Waals surface area (Å²) in [6.45, 7) is 2.10. The van der Waals surface area contributed by atoms with Crippen LogP contribution in [0.25, 0.3) is 0 Å². The lowest BCUT2D eigenvalue weighted by atomic mass is 9.90. The lowest BCUT2D eigenvalue weighted by Crippen LogP contribution is -2.23. The Morgan fingerprint density at radius 3 is 1.91 bits per heavy atom. The molecular formula is C10H18O. The highest BCUT2D eigenvalue weighted by molar-refractivity contribution is 4.94. The zero-order valence-corrected chi connectivity index (χ0v) is 7.29. The Morgan fingerprint density at radius 1 is 1.18 bits per heavy atom. The molecule has 0 radical (unpaired) electrons. The van der Waals surface area contributed by atoms with E-state index in [-0.39, 0.29) is 6.10 Å². The quantitative estimate of drug-likeness (QED) is 0.658. The first-order chi connectivity index (χ1) is 5.33. The van der Waals surface area contributed by atoms with E-state index in [1.807, 2.05) is 0 Å². The van der Waals surface area contributed by atoms with Crippen LogP contribution in [0.15, 0.2) is 0 Å². The summed E-state index contributed by atoms with van der Waals surface area (Å²) >= 11 is 0. The molecule has 0 aromatic rings. The minimum absolute atomic E-state index is 0.00926. The average Bonchev–Trinajstić information content (AvgIpc) is 2.81. The topological polar surface area (TPSA) is 20.2 Å². The predicted molar refractivity (Wildman–Crippen MR) is 45.2 cm³/mol. The van der Waals surface area contributed by atoms with Gasteiger partial charge in [0, 0.05) is 0 Å². The van der Waals surface area contributed by atoms with Gasteiger partial charge in [0.15, 0.2) is 0 Å². The van der Waals surface area contributed by atoms with Gasteiger partial charge in [-0.25, -0.2) is 0 Å². The van der Waals surface area contributed by atoms with Gasteiger partial charge in [-0.15, -0.1) is 0 Å². The molecule has 1 atom stereocenters. The van der Waals surface area contributed by atoms with E-state index in [0.717, 1.165) is 18.3 Å². The Kier molecular flexibility index (Phi) is 1.92. The van der Waals surface area contributed by atoms with Gasteiger partial charge < -0.3 is 5.11 Å². The first-order valence-corrected chi connectivity index (χ1v) is 5.01. The Balaban J connectivity index is 1.90. The Labute approximate surface area is 68.8 Å². The van der Waals surface area contributed by atoms with E-state index in [4.69, 9.17) is 0 Å². The summed E-state index contributed by atoms with van der Waals surface area (Å²) in [7, 11) is 0. The summed E-state index contributed by atoms with van der Waals surface area (Å²) in [5.41, 5.74) is 0.